The maximum absolute atomic E-state index is 13.7. The van der Waals surface area contributed by atoms with Gasteiger partial charge in [0.1, 0.15) is 5.82 Å². The lowest BCUT2D eigenvalue weighted by Crippen LogP contribution is -2.41. The van der Waals surface area contributed by atoms with Gasteiger partial charge in [0.15, 0.2) is 0 Å². The number of likely N-dealkylation sites (tertiary alicyclic amines) is 1. The summed E-state index contributed by atoms with van der Waals surface area (Å²) in [6.07, 6.45) is -3.40. The highest BCUT2D eigenvalue weighted by Crippen LogP contribution is 2.31. The van der Waals surface area contributed by atoms with Crippen LogP contribution < -0.4 is 0 Å². The molecule has 116 valence electrons. The van der Waals surface area contributed by atoms with Crippen molar-refractivity contribution < 1.29 is 27.1 Å². The number of amides is 1. The summed E-state index contributed by atoms with van der Waals surface area (Å²) in [7, 11) is 1.56. The number of ether oxygens (including phenoxy) is 1. The van der Waals surface area contributed by atoms with Crippen molar-refractivity contribution in [1.29, 1.82) is 0 Å². The molecule has 7 heteroatoms. The number of hydrogen-bond donors (Lipinski definition) is 0. The van der Waals surface area contributed by atoms with E-state index in [2.05, 4.69) is 0 Å². The molecular formula is C14H15F4NO2. The Morgan fingerprint density at radius 3 is 2.43 bits per heavy atom. The third kappa shape index (κ3) is 3.53. The molecule has 0 unspecified atom stereocenters. The summed E-state index contributed by atoms with van der Waals surface area (Å²) >= 11 is 0. The van der Waals surface area contributed by atoms with Crippen molar-refractivity contribution in [1.82, 2.24) is 4.90 Å². The third-order valence-electron chi connectivity index (χ3n) is 3.59. The van der Waals surface area contributed by atoms with E-state index in [-0.39, 0.29) is 6.10 Å². The van der Waals surface area contributed by atoms with Crippen LogP contribution in [0, 0.1) is 5.82 Å². The molecule has 1 aliphatic rings. The van der Waals surface area contributed by atoms with Gasteiger partial charge in [-0.3, -0.25) is 4.79 Å². The molecular weight excluding hydrogens is 290 g/mol. The first-order chi connectivity index (χ1) is 9.82. The molecule has 1 saturated heterocycles. The molecule has 1 aliphatic heterocycles. The molecule has 1 aromatic rings. The zero-order valence-corrected chi connectivity index (χ0v) is 11.4. The average Bonchev–Trinajstić information content (AvgIpc) is 2.46. The number of nitrogens with zero attached hydrogens (tertiary/aromatic N) is 1. The van der Waals surface area contributed by atoms with Crippen molar-refractivity contribution in [3.05, 3.63) is 35.1 Å². The van der Waals surface area contributed by atoms with E-state index in [1.165, 1.54) is 4.90 Å². The van der Waals surface area contributed by atoms with Crippen LogP contribution in [-0.4, -0.2) is 37.1 Å². The molecule has 1 aromatic carbocycles. The predicted octanol–water partition coefficient (Wildman–Crippen LogP) is 3.10. The van der Waals surface area contributed by atoms with Gasteiger partial charge in [-0.05, 0) is 31.0 Å². The Hall–Kier alpha value is -1.63. The Kier molecular flexibility index (Phi) is 4.51. The lowest BCUT2D eigenvalue weighted by atomic mass is 10.0. The topological polar surface area (TPSA) is 29.5 Å². The van der Waals surface area contributed by atoms with Gasteiger partial charge in [0.25, 0.3) is 5.91 Å². The van der Waals surface area contributed by atoms with Crippen molar-refractivity contribution >= 4 is 5.91 Å². The van der Waals surface area contributed by atoms with Gasteiger partial charge in [0.05, 0.1) is 17.2 Å². The van der Waals surface area contributed by atoms with Crippen molar-refractivity contribution in [3.8, 4) is 0 Å². The number of alkyl halides is 3. The molecule has 1 amide bonds. The van der Waals surface area contributed by atoms with Crippen molar-refractivity contribution in [2.45, 2.75) is 25.1 Å². The summed E-state index contributed by atoms with van der Waals surface area (Å²) < 4.78 is 56.7. The predicted molar refractivity (Wildman–Crippen MR) is 67.3 cm³/mol. The number of rotatable bonds is 2. The highest BCUT2D eigenvalue weighted by Gasteiger charge is 2.33. The van der Waals surface area contributed by atoms with Crippen LogP contribution in [0.25, 0.3) is 0 Å². The Morgan fingerprint density at radius 1 is 1.29 bits per heavy atom. The van der Waals surface area contributed by atoms with Gasteiger partial charge in [-0.1, -0.05) is 0 Å². The molecule has 2 rings (SSSR count). The van der Waals surface area contributed by atoms with E-state index in [4.69, 9.17) is 4.74 Å². The first kappa shape index (κ1) is 15.8. The van der Waals surface area contributed by atoms with Gasteiger partial charge in [-0.15, -0.1) is 0 Å². The maximum Gasteiger partial charge on any atom is 0.416 e. The standard InChI is InChI=1S/C14H15F4NO2/c1-21-10-4-6-19(7-5-10)13(20)11-8-9(14(16,17)18)2-3-12(11)15/h2-3,8,10H,4-7H2,1H3. The summed E-state index contributed by atoms with van der Waals surface area (Å²) in [5.74, 6) is -1.66. The fourth-order valence-electron chi connectivity index (χ4n) is 2.33. The lowest BCUT2D eigenvalue weighted by Gasteiger charge is -2.31. The zero-order chi connectivity index (χ0) is 15.6. The Labute approximate surface area is 119 Å². The quantitative estimate of drug-likeness (QED) is 0.786. The number of methoxy groups -OCH3 is 1. The first-order valence-electron chi connectivity index (χ1n) is 6.51. The van der Waals surface area contributed by atoms with E-state index in [1.54, 1.807) is 7.11 Å². The Balaban J connectivity index is 2.19. The maximum atomic E-state index is 13.7. The second-order valence-electron chi connectivity index (χ2n) is 4.92. The van der Waals surface area contributed by atoms with Crippen LogP contribution in [-0.2, 0) is 10.9 Å². The summed E-state index contributed by atoms with van der Waals surface area (Å²) in [5.41, 5.74) is -1.57. The molecule has 0 N–H and O–H groups in total. The Bertz CT molecular complexity index is 522. The van der Waals surface area contributed by atoms with Crippen LogP contribution in [0.5, 0.6) is 0 Å². The monoisotopic (exact) mass is 305 g/mol. The molecule has 3 nitrogen and oxygen atoms in total. The van der Waals surface area contributed by atoms with Crippen LogP contribution in [0.2, 0.25) is 0 Å². The van der Waals surface area contributed by atoms with E-state index in [0.29, 0.717) is 44.1 Å². The zero-order valence-electron chi connectivity index (χ0n) is 11.4. The minimum absolute atomic E-state index is 0.0282. The number of carbonyl (C=O) groups is 1. The van der Waals surface area contributed by atoms with Crippen LogP contribution in [0.1, 0.15) is 28.8 Å². The van der Waals surface area contributed by atoms with Crippen LogP contribution in [0.15, 0.2) is 18.2 Å². The Morgan fingerprint density at radius 2 is 1.90 bits per heavy atom. The molecule has 0 spiro atoms. The van der Waals surface area contributed by atoms with Gasteiger partial charge >= 0.3 is 6.18 Å². The van der Waals surface area contributed by atoms with Gasteiger partial charge in [0.2, 0.25) is 0 Å². The number of hydrogen-bond acceptors (Lipinski definition) is 2. The smallest absolute Gasteiger partial charge is 0.381 e. The average molecular weight is 305 g/mol. The summed E-state index contributed by atoms with van der Waals surface area (Å²) in [6.45, 7) is 0.681. The molecule has 0 saturated carbocycles. The van der Waals surface area contributed by atoms with E-state index in [0.717, 1.165) is 0 Å². The first-order valence-corrected chi connectivity index (χ1v) is 6.51. The van der Waals surface area contributed by atoms with Crippen LogP contribution in [0.4, 0.5) is 17.6 Å². The van der Waals surface area contributed by atoms with Crippen molar-refractivity contribution in [2.75, 3.05) is 20.2 Å². The molecule has 0 atom stereocenters. The van der Waals surface area contributed by atoms with Crippen molar-refractivity contribution in [2.24, 2.45) is 0 Å². The van der Waals surface area contributed by atoms with Crippen molar-refractivity contribution in [3.63, 3.8) is 0 Å². The number of benzene rings is 1. The SMILES string of the molecule is COC1CCN(C(=O)c2cc(C(F)(F)F)ccc2F)CC1. The van der Waals surface area contributed by atoms with E-state index < -0.39 is 29.0 Å². The number of halogens is 4. The molecule has 0 bridgehead atoms. The van der Waals surface area contributed by atoms with Gasteiger partial charge in [-0.2, -0.15) is 13.2 Å². The summed E-state index contributed by atoms with van der Waals surface area (Å²) in [4.78, 5) is 13.5. The summed E-state index contributed by atoms with van der Waals surface area (Å²) in [5, 5.41) is 0. The second-order valence-corrected chi connectivity index (χ2v) is 4.92. The fraction of sp³-hybridized carbons (Fsp3) is 0.500. The van der Waals surface area contributed by atoms with E-state index in [1.807, 2.05) is 0 Å². The second kappa shape index (κ2) is 6.01. The third-order valence-corrected chi connectivity index (χ3v) is 3.59. The molecule has 0 aliphatic carbocycles. The minimum Gasteiger partial charge on any atom is -0.381 e. The largest absolute Gasteiger partial charge is 0.416 e. The molecule has 1 fully saturated rings. The van der Waals surface area contributed by atoms with Gasteiger partial charge in [-0.25, -0.2) is 4.39 Å². The molecule has 1 heterocycles. The lowest BCUT2D eigenvalue weighted by molar-refractivity contribution is -0.137. The van der Waals surface area contributed by atoms with Crippen LogP contribution in [0.3, 0.4) is 0 Å². The van der Waals surface area contributed by atoms with Crippen LogP contribution >= 0.6 is 0 Å². The van der Waals surface area contributed by atoms with Gasteiger partial charge < -0.3 is 9.64 Å². The highest BCUT2D eigenvalue weighted by molar-refractivity contribution is 5.94. The molecule has 0 aromatic heterocycles. The van der Waals surface area contributed by atoms with E-state index >= 15 is 0 Å². The minimum atomic E-state index is -4.61. The normalized spacial score (nSPS) is 17.1. The summed E-state index contributed by atoms with van der Waals surface area (Å²) in [6, 6.07) is 1.88. The van der Waals surface area contributed by atoms with Gasteiger partial charge in [0, 0.05) is 20.2 Å². The molecule has 0 radical (unpaired) electrons. The highest BCUT2D eigenvalue weighted by atomic mass is 19.4. The number of piperidine rings is 1. The van der Waals surface area contributed by atoms with E-state index in [9.17, 15) is 22.4 Å². The molecule has 21 heavy (non-hydrogen) atoms. The number of carbonyl (C=O) groups excluding carboxylic acids is 1. The fourth-order valence-corrected chi connectivity index (χ4v) is 2.33.